The molecule has 0 N–H and O–H groups in total. The molecule has 7 aromatic carbocycles. The lowest BCUT2D eigenvalue weighted by Gasteiger charge is -2.34. The van der Waals surface area contributed by atoms with Gasteiger partial charge in [-0.1, -0.05) is 91.0 Å². The van der Waals surface area contributed by atoms with Crippen molar-refractivity contribution in [3.63, 3.8) is 0 Å². The van der Waals surface area contributed by atoms with Crippen molar-refractivity contribution in [3.05, 3.63) is 158 Å². The molecule has 0 bridgehead atoms. The molecule has 3 heterocycles. The van der Waals surface area contributed by atoms with Gasteiger partial charge in [0.1, 0.15) is 0 Å². The Labute approximate surface area is 271 Å². The van der Waals surface area contributed by atoms with Gasteiger partial charge < -0.3 is 4.90 Å². The van der Waals surface area contributed by atoms with Crippen molar-refractivity contribution in [1.82, 2.24) is 15.0 Å². The molecule has 0 spiro atoms. The smallest absolute Gasteiger partial charge is 0.160 e. The number of hydrogen-bond acceptors (Lipinski definition) is 4. The average Bonchev–Trinajstić information content (AvgIpc) is 3.14. The molecule has 9 aromatic rings. The Balaban J connectivity index is 1.13. The van der Waals surface area contributed by atoms with E-state index in [1.807, 2.05) is 36.7 Å². The van der Waals surface area contributed by atoms with Crippen LogP contribution in [0.3, 0.4) is 0 Å². The first-order chi connectivity index (χ1) is 23.3. The molecule has 10 rings (SSSR count). The summed E-state index contributed by atoms with van der Waals surface area (Å²) in [5.41, 5.74) is 9.90. The van der Waals surface area contributed by atoms with Crippen LogP contribution in [0.15, 0.2) is 158 Å². The van der Waals surface area contributed by atoms with Crippen LogP contribution in [-0.2, 0) is 0 Å². The molecule has 0 unspecified atom stereocenters. The number of para-hydroxylation sites is 1. The van der Waals surface area contributed by atoms with Crippen molar-refractivity contribution in [1.29, 1.82) is 0 Å². The van der Waals surface area contributed by atoms with Gasteiger partial charge in [-0.2, -0.15) is 0 Å². The summed E-state index contributed by atoms with van der Waals surface area (Å²) >= 11 is 0. The Hall–Kier alpha value is -6.39. The van der Waals surface area contributed by atoms with E-state index in [9.17, 15) is 0 Å². The first kappa shape index (κ1) is 25.9. The standard InChI is InChI=1S/C43H26N4/c1-2-8-30-26-40-37(25-29(30)7-1)35-12-5-9-27-10-6-14-39(41(27)35)47(40)34-18-17-31-23-33(16-15-32(31)24-34)43-45-38-13-4-3-11-36(38)42(46-43)28-19-21-44-22-20-28/h1-26H. The number of nitrogens with zero attached hydrogens (tertiary/aromatic N) is 4. The van der Waals surface area contributed by atoms with Gasteiger partial charge in [-0.3, -0.25) is 4.98 Å². The molecule has 1 aliphatic rings. The van der Waals surface area contributed by atoms with Crippen molar-refractivity contribution >= 4 is 60.3 Å². The molecule has 0 atom stereocenters. The highest BCUT2D eigenvalue weighted by Gasteiger charge is 2.26. The maximum Gasteiger partial charge on any atom is 0.160 e. The van der Waals surface area contributed by atoms with Gasteiger partial charge in [0.05, 0.1) is 22.6 Å². The predicted molar refractivity (Wildman–Crippen MR) is 194 cm³/mol. The summed E-state index contributed by atoms with van der Waals surface area (Å²) in [6, 6.07) is 52.1. The molecule has 0 fully saturated rings. The molecular formula is C43H26N4. The Morgan fingerprint density at radius 2 is 1.17 bits per heavy atom. The fraction of sp³-hybridized carbons (Fsp3) is 0. The van der Waals surface area contributed by atoms with E-state index in [0.717, 1.165) is 44.2 Å². The second kappa shape index (κ2) is 10.1. The van der Waals surface area contributed by atoms with Gasteiger partial charge in [0.15, 0.2) is 5.82 Å². The maximum absolute atomic E-state index is 5.09. The van der Waals surface area contributed by atoms with E-state index in [1.165, 1.54) is 44.0 Å². The molecule has 0 aliphatic carbocycles. The summed E-state index contributed by atoms with van der Waals surface area (Å²) in [7, 11) is 0. The third-order valence-corrected chi connectivity index (χ3v) is 9.42. The van der Waals surface area contributed by atoms with E-state index < -0.39 is 0 Å². The normalized spacial score (nSPS) is 12.2. The van der Waals surface area contributed by atoms with E-state index in [2.05, 4.69) is 131 Å². The van der Waals surface area contributed by atoms with Crippen LogP contribution < -0.4 is 4.90 Å². The van der Waals surface area contributed by atoms with Crippen LogP contribution >= 0.6 is 0 Å². The predicted octanol–water partition coefficient (Wildman–Crippen LogP) is 11.3. The monoisotopic (exact) mass is 598 g/mol. The van der Waals surface area contributed by atoms with Gasteiger partial charge in [-0.15, -0.1) is 0 Å². The van der Waals surface area contributed by atoms with E-state index in [4.69, 9.17) is 9.97 Å². The lowest BCUT2D eigenvalue weighted by Crippen LogP contribution is -2.15. The first-order valence-corrected chi connectivity index (χ1v) is 15.8. The third kappa shape index (κ3) is 4.05. The van der Waals surface area contributed by atoms with Crippen LogP contribution in [0.5, 0.6) is 0 Å². The molecule has 0 amide bonds. The first-order valence-electron chi connectivity index (χ1n) is 15.8. The zero-order chi connectivity index (χ0) is 30.9. The summed E-state index contributed by atoms with van der Waals surface area (Å²) < 4.78 is 0. The van der Waals surface area contributed by atoms with Crippen molar-refractivity contribution in [2.45, 2.75) is 0 Å². The van der Waals surface area contributed by atoms with Crippen molar-refractivity contribution in [2.24, 2.45) is 0 Å². The van der Waals surface area contributed by atoms with Crippen molar-refractivity contribution in [2.75, 3.05) is 4.90 Å². The van der Waals surface area contributed by atoms with Crippen LogP contribution in [0.2, 0.25) is 0 Å². The minimum Gasteiger partial charge on any atom is -0.309 e. The van der Waals surface area contributed by atoms with Gasteiger partial charge >= 0.3 is 0 Å². The van der Waals surface area contributed by atoms with Crippen LogP contribution in [0, 0.1) is 0 Å². The summed E-state index contributed by atoms with van der Waals surface area (Å²) in [5, 5.41) is 8.34. The Bertz CT molecular complexity index is 2690. The van der Waals surface area contributed by atoms with Crippen LogP contribution in [0.25, 0.3) is 77.0 Å². The van der Waals surface area contributed by atoms with Crippen molar-refractivity contribution in [3.8, 4) is 33.8 Å². The van der Waals surface area contributed by atoms with Crippen molar-refractivity contribution < 1.29 is 0 Å². The number of fused-ring (bicyclic) bond motifs is 5. The largest absolute Gasteiger partial charge is 0.309 e. The number of rotatable bonds is 3. The molecule has 2 aromatic heterocycles. The lowest BCUT2D eigenvalue weighted by molar-refractivity contribution is 1.22. The number of anilines is 3. The molecule has 47 heavy (non-hydrogen) atoms. The highest BCUT2D eigenvalue weighted by Crippen LogP contribution is 2.52. The van der Waals surface area contributed by atoms with Gasteiger partial charge in [0.25, 0.3) is 0 Å². The highest BCUT2D eigenvalue weighted by molar-refractivity contribution is 6.16. The average molecular weight is 599 g/mol. The van der Waals surface area contributed by atoms with Gasteiger partial charge in [-0.05, 0) is 87.1 Å². The van der Waals surface area contributed by atoms with Crippen LogP contribution in [0.1, 0.15) is 0 Å². The minimum absolute atomic E-state index is 0.710. The van der Waals surface area contributed by atoms with Gasteiger partial charge in [0, 0.05) is 45.5 Å². The van der Waals surface area contributed by atoms with E-state index in [1.54, 1.807) is 0 Å². The molecule has 218 valence electrons. The lowest BCUT2D eigenvalue weighted by atomic mass is 9.89. The van der Waals surface area contributed by atoms with E-state index in [0.29, 0.717) is 5.82 Å². The Morgan fingerprint density at radius 3 is 2.06 bits per heavy atom. The highest BCUT2D eigenvalue weighted by atomic mass is 15.2. The van der Waals surface area contributed by atoms with E-state index in [-0.39, 0.29) is 0 Å². The fourth-order valence-electron chi connectivity index (χ4n) is 7.22. The van der Waals surface area contributed by atoms with E-state index >= 15 is 0 Å². The SMILES string of the molecule is c1ccc2cc3c(cc2c1)-c1cccc2cccc(c12)N3c1ccc2cc(-c3nc(-c4ccncc4)c4ccccc4n3)ccc2c1. The molecule has 4 nitrogen and oxygen atoms in total. The molecule has 0 saturated heterocycles. The maximum atomic E-state index is 5.09. The van der Waals surface area contributed by atoms with Gasteiger partial charge in [-0.25, -0.2) is 9.97 Å². The molecule has 4 heteroatoms. The zero-order valence-corrected chi connectivity index (χ0v) is 25.3. The van der Waals surface area contributed by atoms with Gasteiger partial charge in [0.2, 0.25) is 0 Å². The molecule has 0 saturated carbocycles. The second-order valence-corrected chi connectivity index (χ2v) is 12.1. The Morgan fingerprint density at radius 1 is 0.447 bits per heavy atom. The minimum atomic E-state index is 0.710. The van der Waals surface area contributed by atoms with Crippen LogP contribution in [-0.4, -0.2) is 15.0 Å². The number of benzene rings is 7. The number of hydrogen-bond donors (Lipinski definition) is 0. The molecule has 0 radical (unpaired) electrons. The summed E-state index contributed by atoms with van der Waals surface area (Å²) in [6.07, 6.45) is 3.61. The quantitative estimate of drug-likeness (QED) is 0.203. The zero-order valence-electron chi connectivity index (χ0n) is 25.3. The summed E-state index contributed by atoms with van der Waals surface area (Å²) in [4.78, 5) is 16.7. The fourth-order valence-corrected chi connectivity index (χ4v) is 7.22. The topological polar surface area (TPSA) is 41.9 Å². The second-order valence-electron chi connectivity index (χ2n) is 12.1. The summed E-state index contributed by atoms with van der Waals surface area (Å²) in [6.45, 7) is 0. The summed E-state index contributed by atoms with van der Waals surface area (Å²) in [5.74, 6) is 0.710. The number of aromatic nitrogens is 3. The number of pyridine rings is 1. The molecular weight excluding hydrogens is 573 g/mol. The Kier molecular flexibility index (Phi) is 5.54. The van der Waals surface area contributed by atoms with Crippen LogP contribution in [0.4, 0.5) is 17.1 Å². The third-order valence-electron chi connectivity index (χ3n) is 9.42. The molecule has 1 aliphatic heterocycles.